The number of likely N-dealkylation sites (N-methyl/N-ethyl adjacent to an activating group) is 1. The van der Waals surface area contributed by atoms with Crippen molar-refractivity contribution in [2.45, 2.75) is 19.9 Å². The molecule has 0 amide bonds. The average molecular weight is 222 g/mol. The van der Waals surface area contributed by atoms with Crippen LogP contribution in [0.4, 0.5) is 0 Å². The molecule has 3 heteroatoms. The van der Waals surface area contributed by atoms with E-state index in [4.69, 9.17) is 4.74 Å². The van der Waals surface area contributed by atoms with E-state index in [-0.39, 0.29) is 0 Å². The zero-order chi connectivity index (χ0) is 11.8. The minimum absolute atomic E-state index is 0.860. The van der Waals surface area contributed by atoms with Gasteiger partial charge in [-0.2, -0.15) is 0 Å². The third kappa shape index (κ3) is 3.83. The van der Waals surface area contributed by atoms with Gasteiger partial charge >= 0.3 is 0 Å². The highest BCUT2D eigenvalue weighted by Gasteiger charge is 2.03. The van der Waals surface area contributed by atoms with E-state index in [1.165, 1.54) is 11.1 Å². The van der Waals surface area contributed by atoms with Gasteiger partial charge in [-0.15, -0.1) is 0 Å². The molecule has 0 atom stereocenters. The maximum atomic E-state index is 5.35. The summed E-state index contributed by atoms with van der Waals surface area (Å²) in [6, 6.07) is 6.38. The van der Waals surface area contributed by atoms with Crippen molar-refractivity contribution in [3.05, 3.63) is 29.3 Å². The van der Waals surface area contributed by atoms with E-state index in [9.17, 15) is 0 Å². The molecule has 2 N–H and O–H groups in total. The Hall–Kier alpha value is -1.06. The molecule has 0 aliphatic rings. The predicted molar refractivity (Wildman–Crippen MR) is 68.0 cm³/mol. The van der Waals surface area contributed by atoms with E-state index in [0.717, 1.165) is 31.8 Å². The number of ether oxygens (including phenoxy) is 1. The van der Waals surface area contributed by atoms with Crippen molar-refractivity contribution >= 4 is 0 Å². The van der Waals surface area contributed by atoms with Crippen molar-refractivity contribution < 1.29 is 4.74 Å². The van der Waals surface area contributed by atoms with Gasteiger partial charge in [0.25, 0.3) is 0 Å². The molecule has 0 radical (unpaired) electrons. The molecular formula is C13H22N2O. The highest BCUT2D eigenvalue weighted by molar-refractivity contribution is 5.37. The van der Waals surface area contributed by atoms with Gasteiger partial charge in [0, 0.05) is 25.2 Å². The molecule has 0 aromatic heterocycles. The molecule has 0 saturated carbocycles. The van der Waals surface area contributed by atoms with Crippen molar-refractivity contribution in [3.63, 3.8) is 0 Å². The Morgan fingerprint density at radius 1 is 1.25 bits per heavy atom. The van der Waals surface area contributed by atoms with Crippen LogP contribution in [0.25, 0.3) is 0 Å². The van der Waals surface area contributed by atoms with Crippen molar-refractivity contribution in [1.82, 2.24) is 10.6 Å². The summed E-state index contributed by atoms with van der Waals surface area (Å²) in [7, 11) is 3.68. The molecule has 0 heterocycles. The first-order valence-corrected chi connectivity index (χ1v) is 5.83. The van der Waals surface area contributed by atoms with Crippen LogP contribution in [-0.2, 0) is 13.0 Å². The highest BCUT2D eigenvalue weighted by Crippen LogP contribution is 2.19. The smallest absolute Gasteiger partial charge is 0.123 e. The van der Waals surface area contributed by atoms with Gasteiger partial charge in [0.1, 0.15) is 5.75 Å². The fraction of sp³-hybridized carbons (Fsp3) is 0.538. The van der Waals surface area contributed by atoms with E-state index >= 15 is 0 Å². The third-order valence-electron chi connectivity index (χ3n) is 2.62. The van der Waals surface area contributed by atoms with Crippen LogP contribution in [0.5, 0.6) is 5.75 Å². The summed E-state index contributed by atoms with van der Waals surface area (Å²) in [4.78, 5) is 0. The minimum Gasteiger partial charge on any atom is -0.496 e. The summed E-state index contributed by atoms with van der Waals surface area (Å²) >= 11 is 0. The zero-order valence-corrected chi connectivity index (χ0v) is 10.5. The van der Waals surface area contributed by atoms with Crippen molar-refractivity contribution in [2.24, 2.45) is 0 Å². The lowest BCUT2D eigenvalue weighted by atomic mass is 10.1. The van der Waals surface area contributed by atoms with Crippen LogP contribution in [-0.4, -0.2) is 27.2 Å². The van der Waals surface area contributed by atoms with Crippen LogP contribution < -0.4 is 15.4 Å². The van der Waals surface area contributed by atoms with E-state index in [1.54, 1.807) is 7.11 Å². The van der Waals surface area contributed by atoms with Gasteiger partial charge in [-0.25, -0.2) is 0 Å². The molecular weight excluding hydrogens is 200 g/mol. The Morgan fingerprint density at radius 2 is 2.06 bits per heavy atom. The molecule has 0 saturated heterocycles. The molecule has 0 unspecified atom stereocenters. The lowest BCUT2D eigenvalue weighted by Crippen LogP contribution is -2.24. The van der Waals surface area contributed by atoms with Gasteiger partial charge < -0.3 is 15.4 Å². The van der Waals surface area contributed by atoms with Crippen LogP contribution in [0.3, 0.4) is 0 Å². The molecule has 1 aromatic carbocycles. The third-order valence-corrected chi connectivity index (χ3v) is 2.62. The second kappa shape index (κ2) is 7.25. The van der Waals surface area contributed by atoms with Gasteiger partial charge in [-0.05, 0) is 25.1 Å². The average Bonchev–Trinajstić information content (AvgIpc) is 2.34. The van der Waals surface area contributed by atoms with E-state index in [0.29, 0.717) is 0 Å². The first-order valence-electron chi connectivity index (χ1n) is 5.83. The second-order valence-corrected chi connectivity index (χ2v) is 3.78. The van der Waals surface area contributed by atoms with Crippen LogP contribution >= 0.6 is 0 Å². The predicted octanol–water partition coefficient (Wildman–Crippen LogP) is 1.57. The summed E-state index contributed by atoms with van der Waals surface area (Å²) in [5.74, 6) is 0.967. The Bertz CT molecular complexity index is 313. The Morgan fingerprint density at radius 3 is 2.69 bits per heavy atom. The summed E-state index contributed by atoms with van der Waals surface area (Å²) in [6.45, 7) is 4.98. The summed E-state index contributed by atoms with van der Waals surface area (Å²) in [5, 5.41) is 6.50. The number of hydrogen-bond acceptors (Lipinski definition) is 3. The number of nitrogens with one attached hydrogen (secondary N) is 2. The standard InChI is InChI=1S/C13H22N2O/c1-4-11-5-6-13(16-3)12(9-11)10-15-8-7-14-2/h5-6,9,14-15H,4,7-8,10H2,1-3H3. The summed E-state index contributed by atoms with van der Waals surface area (Å²) in [5.41, 5.74) is 2.59. The molecule has 16 heavy (non-hydrogen) atoms. The number of methoxy groups -OCH3 is 1. The number of rotatable bonds is 7. The van der Waals surface area contributed by atoms with Crippen molar-refractivity contribution in [1.29, 1.82) is 0 Å². The Labute approximate surface area is 98.2 Å². The largest absolute Gasteiger partial charge is 0.496 e. The SMILES string of the molecule is CCc1ccc(OC)c(CNCCNC)c1. The van der Waals surface area contributed by atoms with Crippen molar-refractivity contribution in [3.8, 4) is 5.75 Å². The monoisotopic (exact) mass is 222 g/mol. The van der Waals surface area contributed by atoms with Gasteiger partial charge in [-0.1, -0.05) is 19.1 Å². The molecule has 0 spiro atoms. The van der Waals surface area contributed by atoms with Gasteiger partial charge in [0.15, 0.2) is 0 Å². The molecule has 0 bridgehead atoms. The Kier molecular flexibility index (Phi) is 5.90. The van der Waals surface area contributed by atoms with Gasteiger partial charge in [0.05, 0.1) is 7.11 Å². The lowest BCUT2D eigenvalue weighted by Gasteiger charge is -2.11. The molecule has 1 rings (SSSR count). The maximum Gasteiger partial charge on any atom is 0.123 e. The normalized spacial score (nSPS) is 10.4. The van der Waals surface area contributed by atoms with Crippen LogP contribution in [0.15, 0.2) is 18.2 Å². The number of hydrogen-bond donors (Lipinski definition) is 2. The van der Waals surface area contributed by atoms with Gasteiger partial charge in [0.2, 0.25) is 0 Å². The Balaban J connectivity index is 2.60. The molecule has 0 fully saturated rings. The van der Waals surface area contributed by atoms with Crippen LogP contribution in [0.2, 0.25) is 0 Å². The number of aryl methyl sites for hydroxylation is 1. The van der Waals surface area contributed by atoms with Crippen LogP contribution in [0, 0.1) is 0 Å². The summed E-state index contributed by atoms with van der Waals surface area (Å²) in [6.07, 6.45) is 1.06. The maximum absolute atomic E-state index is 5.35. The molecule has 3 nitrogen and oxygen atoms in total. The first kappa shape index (κ1) is 13.0. The lowest BCUT2D eigenvalue weighted by molar-refractivity contribution is 0.407. The fourth-order valence-electron chi connectivity index (χ4n) is 1.63. The molecule has 0 aliphatic carbocycles. The van der Waals surface area contributed by atoms with E-state index < -0.39 is 0 Å². The first-order chi connectivity index (χ1) is 7.81. The highest BCUT2D eigenvalue weighted by atomic mass is 16.5. The second-order valence-electron chi connectivity index (χ2n) is 3.78. The molecule has 1 aromatic rings. The fourth-order valence-corrected chi connectivity index (χ4v) is 1.63. The number of benzene rings is 1. The molecule has 0 aliphatic heterocycles. The quantitative estimate of drug-likeness (QED) is 0.687. The minimum atomic E-state index is 0.860. The van der Waals surface area contributed by atoms with E-state index in [2.05, 4.69) is 29.7 Å². The van der Waals surface area contributed by atoms with Crippen molar-refractivity contribution in [2.75, 3.05) is 27.2 Å². The van der Waals surface area contributed by atoms with Gasteiger partial charge in [-0.3, -0.25) is 0 Å². The van der Waals surface area contributed by atoms with Crippen LogP contribution in [0.1, 0.15) is 18.1 Å². The van der Waals surface area contributed by atoms with E-state index in [1.807, 2.05) is 13.1 Å². The molecule has 90 valence electrons. The zero-order valence-electron chi connectivity index (χ0n) is 10.5. The summed E-state index contributed by atoms with van der Waals surface area (Å²) < 4.78 is 5.35. The topological polar surface area (TPSA) is 33.3 Å².